The van der Waals surface area contributed by atoms with Crippen molar-refractivity contribution in [3.05, 3.63) is 65.4 Å². The van der Waals surface area contributed by atoms with Crippen LogP contribution >= 0.6 is 11.8 Å². The van der Waals surface area contributed by atoms with Gasteiger partial charge in [0.15, 0.2) is 17.2 Å². The summed E-state index contributed by atoms with van der Waals surface area (Å²) in [6.45, 7) is 5.11. The number of aromatic nitrogens is 5. The number of hydrogen-bond donors (Lipinski definition) is 1. The lowest BCUT2D eigenvalue weighted by atomic mass is 10.1. The Balaban J connectivity index is 1.60. The number of aryl methyl sites for hydroxylation is 1. The van der Waals surface area contributed by atoms with E-state index in [0.717, 1.165) is 16.8 Å². The predicted octanol–water partition coefficient (Wildman–Crippen LogP) is 3.94. The number of nitrogens with zero attached hydrogens (tertiary/aromatic N) is 4. The average molecular weight is 405 g/mol. The first-order valence-electron chi connectivity index (χ1n) is 9.07. The molecule has 0 bridgehead atoms. The summed E-state index contributed by atoms with van der Waals surface area (Å²) in [5.41, 5.74) is 4.08. The number of fused-ring (bicyclic) bond motifs is 1. The highest BCUT2D eigenvalue weighted by Gasteiger charge is 2.20. The maximum Gasteiger partial charge on any atom is 0.189 e. The van der Waals surface area contributed by atoms with Gasteiger partial charge in [0.25, 0.3) is 0 Å². The second-order valence-electron chi connectivity index (χ2n) is 6.70. The van der Waals surface area contributed by atoms with Crippen LogP contribution in [-0.4, -0.2) is 42.1 Å². The molecule has 8 heteroatoms. The topological polar surface area (TPSA) is 93.5 Å². The summed E-state index contributed by atoms with van der Waals surface area (Å²) in [5, 5.41) is 5.91. The summed E-state index contributed by atoms with van der Waals surface area (Å²) >= 11 is 1.33. The quantitative estimate of drug-likeness (QED) is 0.297. The van der Waals surface area contributed by atoms with Gasteiger partial charge in [-0.1, -0.05) is 30.0 Å². The van der Waals surface area contributed by atoms with Crippen LogP contribution in [0.4, 0.5) is 0 Å². The van der Waals surface area contributed by atoms with Gasteiger partial charge in [0.1, 0.15) is 11.4 Å². The van der Waals surface area contributed by atoms with Gasteiger partial charge in [0.2, 0.25) is 0 Å². The lowest BCUT2D eigenvalue weighted by molar-refractivity contribution is 0.101. The third kappa shape index (κ3) is 3.47. The van der Waals surface area contributed by atoms with E-state index in [0.29, 0.717) is 27.5 Å². The van der Waals surface area contributed by atoms with Gasteiger partial charge < -0.3 is 4.98 Å². The highest BCUT2D eigenvalue weighted by molar-refractivity contribution is 8.00. The van der Waals surface area contributed by atoms with Gasteiger partial charge in [0.05, 0.1) is 28.7 Å². The van der Waals surface area contributed by atoms with Gasteiger partial charge in [-0.05, 0) is 38.5 Å². The number of Topliss-reactive ketones (excluding diaryl/α,β-unsaturated/α-hetero) is 2. The van der Waals surface area contributed by atoms with Crippen molar-refractivity contribution in [3.63, 3.8) is 0 Å². The van der Waals surface area contributed by atoms with Gasteiger partial charge in [-0.2, -0.15) is 5.10 Å². The summed E-state index contributed by atoms with van der Waals surface area (Å²) in [4.78, 5) is 36.3. The molecule has 0 aliphatic heterocycles. The minimum atomic E-state index is -0.0784. The van der Waals surface area contributed by atoms with Gasteiger partial charge in [-0.15, -0.1) is 0 Å². The third-order valence-corrected chi connectivity index (χ3v) is 5.74. The van der Waals surface area contributed by atoms with E-state index in [4.69, 9.17) is 0 Å². The highest BCUT2D eigenvalue weighted by Crippen LogP contribution is 2.27. The summed E-state index contributed by atoms with van der Waals surface area (Å²) in [6.07, 6.45) is 3.20. The van der Waals surface area contributed by atoms with Gasteiger partial charge in [-0.25, -0.2) is 14.6 Å². The van der Waals surface area contributed by atoms with Crippen molar-refractivity contribution in [1.29, 1.82) is 0 Å². The first kappa shape index (κ1) is 19.1. The van der Waals surface area contributed by atoms with Gasteiger partial charge in [0, 0.05) is 11.3 Å². The van der Waals surface area contributed by atoms with Crippen LogP contribution in [0.5, 0.6) is 0 Å². The molecule has 0 atom stereocenters. The summed E-state index contributed by atoms with van der Waals surface area (Å²) in [6, 6.07) is 9.73. The van der Waals surface area contributed by atoms with E-state index in [-0.39, 0.29) is 17.3 Å². The molecule has 4 rings (SSSR count). The highest BCUT2D eigenvalue weighted by atomic mass is 32.2. The largest absolute Gasteiger partial charge is 0.355 e. The molecular weight excluding hydrogens is 386 g/mol. The SMILES string of the molecule is CC(=O)c1c(C)[nH]c(C(=O)CSc2ncnc3c2cnn3-c2ccccc2)c1C. The zero-order chi connectivity index (χ0) is 20.5. The molecule has 0 spiro atoms. The Hall–Kier alpha value is -3.26. The predicted molar refractivity (Wildman–Crippen MR) is 112 cm³/mol. The van der Waals surface area contributed by atoms with Crippen LogP contribution in [0, 0.1) is 13.8 Å². The Bertz CT molecular complexity index is 1230. The van der Waals surface area contributed by atoms with Crippen LogP contribution in [0.2, 0.25) is 0 Å². The maximum absolute atomic E-state index is 12.8. The van der Waals surface area contributed by atoms with Crippen LogP contribution in [-0.2, 0) is 0 Å². The number of H-pyrrole nitrogens is 1. The molecule has 0 aliphatic rings. The first-order valence-corrected chi connectivity index (χ1v) is 10.1. The van der Waals surface area contributed by atoms with E-state index >= 15 is 0 Å². The number of aromatic amines is 1. The van der Waals surface area contributed by atoms with Crippen LogP contribution < -0.4 is 0 Å². The van der Waals surface area contributed by atoms with Crippen molar-refractivity contribution >= 4 is 34.4 Å². The molecule has 0 unspecified atom stereocenters. The molecule has 0 radical (unpaired) electrons. The lowest BCUT2D eigenvalue weighted by Crippen LogP contribution is -2.06. The fourth-order valence-corrected chi connectivity index (χ4v) is 4.29. The maximum atomic E-state index is 12.8. The number of thioether (sulfide) groups is 1. The second kappa shape index (κ2) is 7.63. The molecule has 7 nitrogen and oxygen atoms in total. The lowest BCUT2D eigenvalue weighted by Gasteiger charge is -2.04. The fraction of sp³-hybridized carbons (Fsp3) is 0.190. The van der Waals surface area contributed by atoms with Crippen molar-refractivity contribution in [3.8, 4) is 5.69 Å². The molecule has 3 heterocycles. The van der Waals surface area contributed by atoms with Crippen molar-refractivity contribution in [2.45, 2.75) is 25.8 Å². The van der Waals surface area contributed by atoms with Gasteiger partial charge >= 0.3 is 0 Å². The summed E-state index contributed by atoms with van der Waals surface area (Å²) in [7, 11) is 0. The fourth-order valence-electron chi connectivity index (χ4n) is 3.46. The monoisotopic (exact) mass is 405 g/mol. The summed E-state index contributed by atoms with van der Waals surface area (Å²) < 4.78 is 1.75. The Kier molecular flexibility index (Phi) is 5.02. The molecule has 3 aromatic heterocycles. The van der Waals surface area contributed by atoms with E-state index in [2.05, 4.69) is 20.1 Å². The van der Waals surface area contributed by atoms with Crippen LogP contribution in [0.1, 0.15) is 39.0 Å². The van der Waals surface area contributed by atoms with E-state index in [9.17, 15) is 9.59 Å². The Morgan fingerprint density at radius 1 is 1.14 bits per heavy atom. The number of para-hydroxylation sites is 1. The minimum Gasteiger partial charge on any atom is -0.355 e. The molecule has 0 fully saturated rings. The second-order valence-corrected chi connectivity index (χ2v) is 7.67. The third-order valence-electron chi connectivity index (χ3n) is 4.74. The molecule has 1 aromatic carbocycles. The Labute approximate surface area is 171 Å². The molecule has 29 heavy (non-hydrogen) atoms. The van der Waals surface area contributed by atoms with Crippen molar-refractivity contribution < 1.29 is 9.59 Å². The van der Waals surface area contributed by atoms with Gasteiger partial charge in [-0.3, -0.25) is 9.59 Å². The zero-order valence-corrected chi connectivity index (χ0v) is 17.1. The van der Waals surface area contributed by atoms with Crippen LogP contribution in [0.25, 0.3) is 16.7 Å². The number of ketones is 2. The van der Waals surface area contributed by atoms with E-state index in [1.807, 2.05) is 30.3 Å². The number of nitrogens with one attached hydrogen (secondary N) is 1. The number of carbonyl (C=O) groups is 2. The van der Waals surface area contributed by atoms with E-state index in [1.165, 1.54) is 25.0 Å². The first-order chi connectivity index (χ1) is 14.0. The van der Waals surface area contributed by atoms with Crippen molar-refractivity contribution in [2.24, 2.45) is 0 Å². The summed E-state index contributed by atoms with van der Waals surface area (Å²) in [5.74, 6) is 0.0694. The molecule has 0 amide bonds. The average Bonchev–Trinajstić information content (AvgIpc) is 3.27. The van der Waals surface area contributed by atoms with Crippen molar-refractivity contribution in [2.75, 3.05) is 5.75 Å². The molecular formula is C21H19N5O2S. The number of carbonyl (C=O) groups excluding carboxylic acids is 2. The normalized spacial score (nSPS) is 11.1. The van der Waals surface area contributed by atoms with Crippen molar-refractivity contribution in [1.82, 2.24) is 24.7 Å². The number of hydrogen-bond acceptors (Lipinski definition) is 6. The van der Waals surface area contributed by atoms with E-state index in [1.54, 1.807) is 24.7 Å². The molecule has 1 N–H and O–H groups in total. The molecule has 0 saturated carbocycles. The van der Waals surface area contributed by atoms with Crippen LogP contribution in [0.15, 0.2) is 47.9 Å². The zero-order valence-electron chi connectivity index (χ0n) is 16.3. The molecule has 146 valence electrons. The number of benzene rings is 1. The smallest absolute Gasteiger partial charge is 0.189 e. The molecule has 4 aromatic rings. The van der Waals surface area contributed by atoms with E-state index < -0.39 is 0 Å². The number of rotatable bonds is 6. The Morgan fingerprint density at radius 2 is 1.90 bits per heavy atom. The van der Waals surface area contributed by atoms with Crippen LogP contribution in [0.3, 0.4) is 0 Å². The molecule has 0 saturated heterocycles. The molecule has 0 aliphatic carbocycles. The minimum absolute atomic E-state index is 0.0474. The standard InChI is InChI=1S/C21H19N5O2S/c1-12-18(14(3)27)13(2)25-19(12)17(28)10-29-21-16-9-24-26(20(16)22-11-23-21)15-7-5-4-6-8-15/h4-9,11,25H,10H2,1-3H3. The Morgan fingerprint density at radius 3 is 2.59 bits per heavy atom.